The molecule has 2 atom stereocenters. The van der Waals surface area contributed by atoms with Crippen LogP contribution >= 0.6 is 0 Å². The minimum Gasteiger partial charge on any atom is -0.309 e. The monoisotopic (exact) mass is 259 g/mol. The third kappa shape index (κ3) is 5.02. The standard InChI is InChI=1S/C16H25N3/c1-5-13(2)19(4)11-10-18-14(3)16-8-6-15(12-17)7-9-16/h6-9,13-14,18H,5,10-11H2,1-4H3. The molecule has 0 aliphatic carbocycles. The molecule has 1 N–H and O–H groups in total. The molecule has 0 saturated heterocycles. The number of nitrogens with zero attached hydrogens (tertiary/aromatic N) is 2. The third-order valence-electron chi connectivity index (χ3n) is 3.80. The van der Waals surface area contributed by atoms with Crippen LogP contribution in [0.4, 0.5) is 0 Å². The summed E-state index contributed by atoms with van der Waals surface area (Å²) in [5.74, 6) is 0. The molecule has 1 aromatic rings. The van der Waals surface area contributed by atoms with Gasteiger partial charge in [-0.25, -0.2) is 0 Å². The molecule has 0 radical (unpaired) electrons. The van der Waals surface area contributed by atoms with Crippen molar-refractivity contribution in [3.8, 4) is 6.07 Å². The van der Waals surface area contributed by atoms with Crippen molar-refractivity contribution in [1.29, 1.82) is 5.26 Å². The van der Waals surface area contributed by atoms with E-state index in [4.69, 9.17) is 5.26 Å². The molecule has 1 aromatic carbocycles. The molecule has 0 saturated carbocycles. The molecule has 0 bridgehead atoms. The fraction of sp³-hybridized carbons (Fsp3) is 0.562. The van der Waals surface area contributed by atoms with Crippen LogP contribution in [0.15, 0.2) is 24.3 Å². The average Bonchev–Trinajstić information content (AvgIpc) is 2.46. The van der Waals surface area contributed by atoms with Crippen molar-refractivity contribution in [2.24, 2.45) is 0 Å². The maximum atomic E-state index is 8.77. The van der Waals surface area contributed by atoms with Gasteiger partial charge in [-0.05, 0) is 45.0 Å². The Labute approximate surface area is 117 Å². The lowest BCUT2D eigenvalue weighted by atomic mass is 10.1. The van der Waals surface area contributed by atoms with Gasteiger partial charge in [-0.2, -0.15) is 5.26 Å². The molecule has 0 aliphatic rings. The van der Waals surface area contributed by atoms with Crippen LogP contribution in [0.25, 0.3) is 0 Å². The minimum absolute atomic E-state index is 0.318. The van der Waals surface area contributed by atoms with E-state index >= 15 is 0 Å². The second kappa shape index (κ2) is 7.93. The van der Waals surface area contributed by atoms with Gasteiger partial charge in [-0.1, -0.05) is 19.1 Å². The van der Waals surface area contributed by atoms with Crippen LogP contribution in [0.3, 0.4) is 0 Å². The molecule has 2 unspecified atom stereocenters. The van der Waals surface area contributed by atoms with Gasteiger partial charge in [0.1, 0.15) is 0 Å². The minimum atomic E-state index is 0.318. The summed E-state index contributed by atoms with van der Waals surface area (Å²) in [6.45, 7) is 8.65. The molecule has 19 heavy (non-hydrogen) atoms. The van der Waals surface area contributed by atoms with Gasteiger partial charge in [0.2, 0.25) is 0 Å². The molecule has 0 fully saturated rings. The highest BCUT2D eigenvalue weighted by Crippen LogP contribution is 2.12. The van der Waals surface area contributed by atoms with Crippen molar-refractivity contribution in [2.75, 3.05) is 20.1 Å². The Balaban J connectivity index is 2.38. The summed E-state index contributed by atoms with van der Waals surface area (Å²) in [7, 11) is 2.17. The van der Waals surface area contributed by atoms with E-state index in [9.17, 15) is 0 Å². The van der Waals surface area contributed by atoms with Crippen molar-refractivity contribution in [2.45, 2.75) is 39.3 Å². The lowest BCUT2D eigenvalue weighted by Crippen LogP contribution is -2.35. The molecule has 1 rings (SSSR count). The second-order valence-corrected chi connectivity index (χ2v) is 5.15. The van der Waals surface area contributed by atoms with E-state index in [2.05, 4.69) is 44.1 Å². The molecule has 0 heterocycles. The van der Waals surface area contributed by atoms with Gasteiger partial charge in [0.25, 0.3) is 0 Å². The van der Waals surface area contributed by atoms with Crippen LogP contribution in [0.5, 0.6) is 0 Å². The topological polar surface area (TPSA) is 39.1 Å². The van der Waals surface area contributed by atoms with Crippen LogP contribution in [0, 0.1) is 11.3 Å². The highest BCUT2D eigenvalue weighted by molar-refractivity contribution is 5.32. The predicted octanol–water partition coefficient (Wildman–Crippen LogP) is 2.94. The summed E-state index contributed by atoms with van der Waals surface area (Å²) in [6, 6.07) is 10.9. The predicted molar refractivity (Wildman–Crippen MR) is 80.0 cm³/mol. The first-order chi connectivity index (χ1) is 9.08. The number of hydrogen-bond acceptors (Lipinski definition) is 3. The molecule has 0 spiro atoms. The van der Waals surface area contributed by atoms with E-state index in [1.54, 1.807) is 0 Å². The maximum Gasteiger partial charge on any atom is 0.0991 e. The maximum absolute atomic E-state index is 8.77. The first-order valence-electron chi connectivity index (χ1n) is 7.02. The summed E-state index contributed by atoms with van der Waals surface area (Å²) in [4.78, 5) is 2.37. The second-order valence-electron chi connectivity index (χ2n) is 5.15. The van der Waals surface area contributed by atoms with E-state index in [0.717, 1.165) is 13.1 Å². The van der Waals surface area contributed by atoms with Crippen LogP contribution in [-0.4, -0.2) is 31.1 Å². The zero-order valence-electron chi connectivity index (χ0n) is 12.5. The van der Waals surface area contributed by atoms with Crippen LogP contribution in [0.2, 0.25) is 0 Å². The van der Waals surface area contributed by atoms with Gasteiger partial charge in [0, 0.05) is 25.2 Å². The fourth-order valence-electron chi connectivity index (χ4n) is 1.95. The zero-order chi connectivity index (χ0) is 14.3. The molecular formula is C16H25N3. The third-order valence-corrected chi connectivity index (χ3v) is 3.80. The van der Waals surface area contributed by atoms with Crippen molar-refractivity contribution >= 4 is 0 Å². The largest absolute Gasteiger partial charge is 0.309 e. The summed E-state index contributed by atoms with van der Waals surface area (Å²) in [6.07, 6.45) is 1.18. The SMILES string of the molecule is CCC(C)N(C)CCNC(C)c1ccc(C#N)cc1. The van der Waals surface area contributed by atoms with E-state index < -0.39 is 0 Å². The zero-order valence-corrected chi connectivity index (χ0v) is 12.5. The number of rotatable bonds is 7. The van der Waals surface area contributed by atoms with E-state index in [-0.39, 0.29) is 0 Å². The van der Waals surface area contributed by atoms with Gasteiger partial charge in [0.15, 0.2) is 0 Å². The highest BCUT2D eigenvalue weighted by atomic mass is 15.1. The first kappa shape index (κ1) is 15.7. The summed E-state index contributed by atoms with van der Waals surface area (Å²) < 4.78 is 0. The Hall–Kier alpha value is -1.37. The quantitative estimate of drug-likeness (QED) is 0.818. The number of likely N-dealkylation sites (N-methyl/N-ethyl adjacent to an activating group) is 1. The summed E-state index contributed by atoms with van der Waals surface area (Å²) in [5.41, 5.74) is 1.94. The van der Waals surface area contributed by atoms with Crippen molar-refractivity contribution < 1.29 is 0 Å². The van der Waals surface area contributed by atoms with Gasteiger partial charge in [0.05, 0.1) is 11.6 Å². The highest BCUT2D eigenvalue weighted by Gasteiger charge is 2.08. The summed E-state index contributed by atoms with van der Waals surface area (Å²) >= 11 is 0. The molecule has 3 nitrogen and oxygen atoms in total. The Morgan fingerprint density at radius 3 is 2.42 bits per heavy atom. The number of hydrogen-bond donors (Lipinski definition) is 1. The van der Waals surface area contributed by atoms with Crippen LogP contribution in [0.1, 0.15) is 44.4 Å². The van der Waals surface area contributed by atoms with E-state index in [0.29, 0.717) is 17.6 Å². The molecule has 0 aromatic heterocycles. The van der Waals surface area contributed by atoms with Crippen molar-refractivity contribution in [3.05, 3.63) is 35.4 Å². The first-order valence-corrected chi connectivity index (χ1v) is 7.02. The Bertz CT molecular complexity index is 405. The normalized spacial score (nSPS) is 14.1. The number of nitriles is 1. The van der Waals surface area contributed by atoms with Gasteiger partial charge < -0.3 is 10.2 Å². The molecule has 0 aliphatic heterocycles. The Morgan fingerprint density at radius 2 is 1.89 bits per heavy atom. The van der Waals surface area contributed by atoms with Gasteiger partial charge in [-0.3, -0.25) is 0 Å². The fourth-order valence-corrected chi connectivity index (χ4v) is 1.95. The van der Waals surface area contributed by atoms with Gasteiger partial charge in [-0.15, -0.1) is 0 Å². The molecule has 104 valence electrons. The summed E-state index contributed by atoms with van der Waals surface area (Å²) in [5, 5.41) is 12.3. The van der Waals surface area contributed by atoms with E-state index in [1.807, 2.05) is 24.3 Å². The van der Waals surface area contributed by atoms with E-state index in [1.165, 1.54) is 12.0 Å². The molecule has 3 heteroatoms. The number of nitrogens with one attached hydrogen (secondary N) is 1. The Morgan fingerprint density at radius 1 is 1.26 bits per heavy atom. The smallest absolute Gasteiger partial charge is 0.0991 e. The van der Waals surface area contributed by atoms with Crippen molar-refractivity contribution in [3.63, 3.8) is 0 Å². The molecular weight excluding hydrogens is 234 g/mol. The Kier molecular flexibility index (Phi) is 6.55. The number of benzene rings is 1. The lowest BCUT2D eigenvalue weighted by molar-refractivity contribution is 0.249. The van der Waals surface area contributed by atoms with Crippen molar-refractivity contribution in [1.82, 2.24) is 10.2 Å². The average molecular weight is 259 g/mol. The van der Waals surface area contributed by atoms with Gasteiger partial charge >= 0.3 is 0 Å². The lowest BCUT2D eigenvalue weighted by Gasteiger charge is -2.24. The van der Waals surface area contributed by atoms with Crippen LogP contribution in [-0.2, 0) is 0 Å². The van der Waals surface area contributed by atoms with Crippen LogP contribution < -0.4 is 5.32 Å². The molecule has 0 amide bonds.